The topological polar surface area (TPSA) is 61.8 Å². The van der Waals surface area contributed by atoms with E-state index in [-0.39, 0.29) is 6.04 Å². The van der Waals surface area contributed by atoms with Gasteiger partial charge in [-0.25, -0.2) is 4.79 Å². The number of rotatable bonds is 0. The Morgan fingerprint density at radius 2 is 2.28 bits per heavy atom. The molecule has 1 aromatic rings. The van der Waals surface area contributed by atoms with Crippen LogP contribution in [0.2, 0.25) is 0 Å². The summed E-state index contributed by atoms with van der Waals surface area (Å²) in [6.45, 7) is 2.75. The van der Waals surface area contributed by atoms with Crippen LogP contribution in [0.4, 0.5) is 10.5 Å². The van der Waals surface area contributed by atoms with Crippen LogP contribution in [0.3, 0.4) is 0 Å². The van der Waals surface area contributed by atoms with Crippen LogP contribution in [-0.2, 0) is 4.89 Å². The number of benzene rings is 1. The van der Waals surface area contributed by atoms with Gasteiger partial charge in [0.2, 0.25) is 0 Å². The van der Waals surface area contributed by atoms with E-state index in [0.717, 1.165) is 17.7 Å². The standard InChI is InChI=1S/C13H16N2O3/c1-8-9-6-7-15(13(16)18-17)12(9)10-4-2-3-5-11(10)14-8/h2-5,8-9,12,14,17H,6-7H2,1H3/t8?,9-,12?/m0/s1. The molecule has 1 fully saturated rings. The molecule has 18 heavy (non-hydrogen) atoms. The smallest absolute Gasteiger partial charge is 0.382 e. The molecule has 2 N–H and O–H groups in total. The number of anilines is 1. The van der Waals surface area contributed by atoms with Crippen molar-refractivity contribution in [1.29, 1.82) is 0 Å². The van der Waals surface area contributed by atoms with Crippen molar-refractivity contribution in [3.05, 3.63) is 29.8 Å². The molecule has 0 bridgehead atoms. The fraction of sp³-hybridized carbons (Fsp3) is 0.462. The Morgan fingerprint density at radius 1 is 1.50 bits per heavy atom. The molecule has 1 saturated heterocycles. The van der Waals surface area contributed by atoms with Gasteiger partial charge in [-0.05, 0) is 25.0 Å². The molecule has 0 aromatic heterocycles. The van der Waals surface area contributed by atoms with Gasteiger partial charge < -0.3 is 5.32 Å². The first-order valence-corrected chi connectivity index (χ1v) is 6.20. The lowest BCUT2D eigenvalue weighted by Crippen LogP contribution is -2.39. The summed E-state index contributed by atoms with van der Waals surface area (Å²) in [5, 5.41) is 12.1. The van der Waals surface area contributed by atoms with E-state index < -0.39 is 6.09 Å². The molecule has 2 aliphatic rings. The number of carbonyl (C=O) groups is 1. The van der Waals surface area contributed by atoms with Crippen LogP contribution in [-0.4, -0.2) is 28.8 Å². The van der Waals surface area contributed by atoms with Gasteiger partial charge in [0.15, 0.2) is 0 Å². The van der Waals surface area contributed by atoms with Crippen LogP contribution < -0.4 is 5.32 Å². The zero-order chi connectivity index (χ0) is 12.7. The third kappa shape index (κ3) is 1.54. The summed E-state index contributed by atoms with van der Waals surface area (Å²) in [6, 6.07) is 8.28. The fourth-order valence-corrected chi connectivity index (χ4v) is 3.23. The van der Waals surface area contributed by atoms with Gasteiger partial charge in [-0.3, -0.25) is 9.79 Å². The van der Waals surface area contributed by atoms with Gasteiger partial charge in [0.05, 0.1) is 6.04 Å². The third-order valence-corrected chi connectivity index (χ3v) is 4.06. The molecule has 3 rings (SSSR count). The van der Waals surface area contributed by atoms with E-state index in [4.69, 9.17) is 5.26 Å². The van der Waals surface area contributed by atoms with E-state index in [2.05, 4.69) is 17.1 Å². The normalized spacial score (nSPS) is 29.2. The predicted octanol–water partition coefficient (Wildman–Crippen LogP) is 2.47. The minimum Gasteiger partial charge on any atom is -0.382 e. The molecule has 0 saturated carbocycles. The number of carbonyl (C=O) groups excluding carboxylic acids is 1. The number of fused-ring (bicyclic) bond motifs is 3. The Hall–Kier alpha value is -1.75. The van der Waals surface area contributed by atoms with Gasteiger partial charge in [-0.2, -0.15) is 5.26 Å². The van der Waals surface area contributed by atoms with E-state index in [1.165, 1.54) is 0 Å². The second-order valence-corrected chi connectivity index (χ2v) is 4.97. The number of likely N-dealkylation sites (tertiary alicyclic amines) is 1. The molecule has 0 radical (unpaired) electrons. The Bertz CT molecular complexity index is 477. The van der Waals surface area contributed by atoms with Crippen molar-refractivity contribution in [2.75, 3.05) is 11.9 Å². The minimum atomic E-state index is -0.661. The van der Waals surface area contributed by atoms with Gasteiger partial charge in [0, 0.05) is 24.2 Å². The summed E-state index contributed by atoms with van der Waals surface area (Å²) in [6.07, 6.45) is 0.258. The zero-order valence-corrected chi connectivity index (χ0v) is 10.2. The van der Waals surface area contributed by atoms with Gasteiger partial charge in [-0.15, -0.1) is 0 Å². The molecule has 3 atom stereocenters. The predicted molar refractivity (Wildman–Crippen MR) is 66.2 cm³/mol. The SMILES string of the molecule is CC1Nc2ccccc2C2[C@H]1CCN2C(=O)OO. The maximum atomic E-state index is 11.6. The maximum absolute atomic E-state index is 11.6. The maximum Gasteiger partial charge on any atom is 0.441 e. The van der Waals surface area contributed by atoms with Crippen LogP contribution >= 0.6 is 0 Å². The highest BCUT2D eigenvalue weighted by Gasteiger charge is 2.45. The second kappa shape index (κ2) is 4.17. The number of amides is 1. The fourth-order valence-electron chi connectivity index (χ4n) is 3.23. The van der Waals surface area contributed by atoms with Crippen molar-refractivity contribution in [2.24, 2.45) is 5.92 Å². The minimum absolute atomic E-state index is 0.00269. The lowest BCUT2D eigenvalue weighted by molar-refractivity contribution is -0.189. The Kier molecular flexibility index (Phi) is 2.63. The number of hydrogen-bond acceptors (Lipinski definition) is 4. The van der Waals surface area contributed by atoms with Crippen molar-refractivity contribution in [1.82, 2.24) is 4.90 Å². The average molecular weight is 248 g/mol. The molecular formula is C13H16N2O3. The zero-order valence-electron chi connectivity index (χ0n) is 10.2. The molecule has 2 heterocycles. The van der Waals surface area contributed by atoms with Crippen molar-refractivity contribution < 1.29 is 14.9 Å². The van der Waals surface area contributed by atoms with Crippen LogP contribution in [0.25, 0.3) is 0 Å². The molecular weight excluding hydrogens is 232 g/mol. The molecule has 2 unspecified atom stereocenters. The van der Waals surface area contributed by atoms with Crippen molar-refractivity contribution in [3.8, 4) is 0 Å². The van der Waals surface area contributed by atoms with Crippen LogP contribution in [0.1, 0.15) is 24.9 Å². The van der Waals surface area contributed by atoms with Gasteiger partial charge in [0.1, 0.15) is 0 Å². The Labute approximate surface area is 105 Å². The van der Waals surface area contributed by atoms with Gasteiger partial charge in [-0.1, -0.05) is 18.2 Å². The summed E-state index contributed by atoms with van der Waals surface area (Å²) in [4.78, 5) is 17.1. The Balaban J connectivity index is 2.03. The van der Waals surface area contributed by atoms with E-state index in [9.17, 15) is 4.79 Å². The molecule has 2 aliphatic heterocycles. The number of nitrogens with zero attached hydrogens (tertiary/aromatic N) is 1. The highest BCUT2D eigenvalue weighted by Crippen LogP contribution is 2.46. The van der Waals surface area contributed by atoms with E-state index in [1.807, 2.05) is 24.3 Å². The lowest BCUT2D eigenvalue weighted by Gasteiger charge is -2.37. The first kappa shape index (κ1) is 11.3. The van der Waals surface area contributed by atoms with Crippen molar-refractivity contribution >= 4 is 11.8 Å². The van der Waals surface area contributed by atoms with Crippen LogP contribution in [0.5, 0.6) is 0 Å². The first-order valence-electron chi connectivity index (χ1n) is 6.20. The third-order valence-electron chi connectivity index (χ3n) is 4.06. The molecule has 0 spiro atoms. The second-order valence-electron chi connectivity index (χ2n) is 4.97. The van der Waals surface area contributed by atoms with E-state index in [1.54, 1.807) is 4.90 Å². The molecule has 5 nitrogen and oxygen atoms in total. The monoisotopic (exact) mass is 248 g/mol. The number of hydrogen-bond donors (Lipinski definition) is 2. The lowest BCUT2D eigenvalue weighted by atomic mass is 9.84. The van der Waals surface area contributed by atoms with Crippen molar-refractivity contribution in [2.45, 2.75) is 25.4 Å². The number of nitrogens with one attached hydrogen (secondary N) is 1. The molecule has 96 valence electrons. The highest BCUT2D eigenvalue weighted by atomic mass is 17.1. The average Bonchev–Trinajstić information content (AvgIpc) is 2.83. The molecule has 1 aromatic carbocycles. The molecule has 5 heteroatoms. The summed E-state index contributed by atoms with van der Waals surface area (Å²) in [7, 11) is 0. The van der Waals surface area contributed by atoms with E-state index >= 15 is 0 Å². The van der Waals surface area contributed by atoms with E-state index in [0.29, 0.717) is 18.5 Å². The van der Waals surface area contributed by atoms with Gasteiger partial charge in [0.25, 0.3) is 0 Å². The molecule has 1 amide bonds. The number of para-hydroxylation sites is 1. The summed E-state index contributed by atoms with van der Waals surface area (Å²) in [5.41, 5.74) is 2.16. The molecule has 0 aliphatic carbocycles. The first-order chi connectivity index (χ1) is 8.72. The quantitative estimate of drug-likeness (QED) is 0.547. The highest BCUT2D eigenvalue weighted by molar-refractivity contribution is 5.70. The largest absolute Gasteiger partial charge is 0.441 e. The summed E-state index contributed by atoms with van der Waals surface area (Å²) in [5.74, 6) is 0.360. The van der Waals surface area contributed by atoms with Crippen molar-refractivity contribution in [3.63, 3.8) is 0 Å². The van der Waals surface area contributed by atoms with Crippen LogP contribution in [0, 0.1) is 5.92 Å². The van der Waals surface area contributed by atoms with Gasteiger partial charge >= 0.3 is 6.09 Å². The Morgan fingerprint density at radius 3 is 3.06 bits per heavy atom. The summed E-state index contributed by atoms with van der Waals surface area (Å²) >= 11 is 0. The summed E-state index contributed by atoms with van der Waals surface area (Å²) < 4.78 is 0. The van der Waals surface area contributed by atoms with Crippen LogP contribution in [0.15, 0.2) is 24.3 Å².